The van der Waals surface area contributed by atoms with Crippen LogP contribution in [0.15, 0.2) is 51.7 Å². The van der Waals surface area contributed by atoms with Crippen LogP contribution in [-0.2, 0) is 6.42 Å². The number of hydrogen-bond acceptors (Lipinski definition) is 4. The molecule has 0 N–H and O–H groups in total. The lowest BCUT2D eigenvalue weighted by Crippen LogP contribution is -2.13. The molecule has 2 aromatic carbocycles. The van der Waals surface area contributed by atoms with E-state index in [4.69, 9.17) is 20.8 Å². The van der Waals surface area contributed by atoms with Crippen LogP contribution in [0, 0.1) is 5.82 Å². The third-order valence-electron chi connectivity index (χ3n) is 3.38. The predicted octanol–water partition coefficient (Wildman–Crippen LogP) is 4.00. The summed E-state index contributed by atoms with van der Waals surface area (Å²) in [5, 5.41) is 4.22. The molecule has 0 saturated carbocycles. The van der Waals surface area contributed by atoms with E-state index in [-0.39, 0.29) is 22.7 Å². The SMILES string of the molecule is CC(C)Oc1ccc(Cc2nn(-c3ccc(F)cc3Cl)c(=O)o2)cc1. The van der Waals surface area contributed by atoms with Gasteiger partial charge in [-0.3, -0.25) is 0 Å². The molecular formula is C18H16ClFN2O3. The molecule has 0 radical (unpaired) electrons. The summed E-state index contributed by atoms with van der Waals surface area (Å²) in [5.41, 5.74) is 1.18. The second-order valence-corrected chi connectivity index (χ2v) is 6.16. The summed E-state index contributed by atoms with van der Waals surface area (Å²) in [7, 11) is 0. The lowest BCUT2D eigenvalue weighted by atomic mass is 10.1. The van der Waals surface area contributed by atoms with Gasteiger partial charge < -0.3 is 9.15 Å². The Bertz CT molecular complexity index is 932. The van der Waals surface area contributed by atoms with Crippen molar-refractivity contribution in [2.45, 2.75) is 26.4 Å². The van der Waals surface area contributed by atoms with Crippen molar-refractivity contribution in [1.82, 2.24) is 9.78 Å². The van der Waals surface area contributed by atoms with E-state index in [0.29, 0.717) is 6.42 Å². The van der Waals surface area contributed by atoms with Crippen molar-refractivity contribution in [3.63, 3.8) is 0 Å². The summed E-state index contributed by atoms with van der Waals surface area (Å²) in [6.07, 6.45) is 0.434. The maximum atomic E-state index is 13.1. The highest BCUT2D eigenvalue weighted by atomic mass is 35.5. The second-order valence-electron chi connectivity index (χ2n) is 5.76. The van der Waals surface area contributed by atoms with Gasteiger partial charge in [-0.2, -0.15) is 4.68 Å². The van der Waals surface area contributed by atoms with Gasteiger partial charge in [0.1, 0.15) is 11.6 Å². The highest BCUT2D eigenvalue weighted by Crippen LogP contribution is 2.20. The van der Waals surface area contributed by atoms with E-state index in [9.17, 15) is 9.18 Å². The van der Waals surface area contributed by atoms with Crippen LogP contribution < -0.4 is 10.5 Å². The van der Waals surface area contributed by atoms with Crippen LogP contribution in [0.3, 0.4) is 0 Å². The van der Waals surface area contributed by atoms with E-state index in [0.717, 1.165) is 22.1 Å². The molecule has 0 aliphatic heterocycles. The van der Waals surface area contributed by atoms with Gasteiger partial charge in [-0.15, -0.1) is 5.10 Å². The number of hydrogen-bond donors (Lipinski definition) is 0. The molecule has 25 heavy (non-hydrogen) atoms. The maximum absolute atomic E-state index is 13.1. The molecule has 1 heterocycles. The van der Waals surface area contributed by atoms with Crippen molar-refractivity contribution < 1.29 is 13.5 Å². The van der Waals surface area contributed by atoms with Crippen LogP contribution in [0.5, 0.6) is 5.75 Å². The van der Waals surface area contributed by atoms with Crippen molar-refractivity contribution in [2.75, 3.05) is 0 Å². The van der Waals surface area contributed by atoms with Gasteiger partial charge in [0.25, 0.3) is 0 Å². The fourth-order valence-electron chi connectivity index (χ4n) is 2.33. The number of nitrogens with zero attached hydrogens (tertiary/aromatic N) is 2. The number of rotatable bonds is 5. The minimum Gasteiger partial charge on any atom is -0.491 e. The molecule has 3 aromatic rings. The van der Waals surface area contributed by atoms with E-state index in [1.807, 2.05) is 38.1 Å². The molecule has 7 heteroatoms. The molecular weight excluding hydrogens is 347 g/mol. The molecule has 0 aliphatic carbocycles. The molecule has 130 valence electrons. The Kier molecular flexibility index (Phi) is 4.90. The van der Waals surface area contributed by atoms with Gasteiger partial charge in [-0.25, -0.2) is 9.18 Å². The molecule has 0 spiro atoms. The monoisotopic (exact) mass is 362 g/mol. The topological polar surface area (TPSA) is 57.3 Å². The van der Waals surface area contributed by atoms with Crippen LogP contribution in [0.2, 0.25) is 5.02 Å². The number of aromatic nitrogens is 2. The van der Waals surface area contributed by atoms with Gasteiger partial charge in [0.2, 0.25) is 5.89 Å². The van der Waals surface area contributed by atoms with E-state index in [2.05, 4.69) is 5.10 Å². The quantitative estimate of drug-likeness (QED) is 0.688. The molecule has 0 unspecified atom stereocenters. The predicted molar refractivity (Wildman–Crippen MR) is 92.1 cm³/mol. The fourth-order valence-corrected chi connectivity index (χ4v) is 2.57. The Hall–Kier alpha value is -2.60. The van der Waals surface area contributed by atoms with Crippen LogP contribution in [0.4, 0.5) is 4.39 Å². The number of benzene rings is 2. The second kappa shape index (κ2) is 7.11. The minimum atomic E-state index is -0.678. The lowest BCUT2D eigenvalue weighted by molar-refractivity contribution is 0.242. The Labute approximate surface area is 148 Å². The van der Waals surface area contributed by atoms with Crippen molar-refractivity contribution in [3.05, 3.63) is 75.3 Å². The minimum absolute atomic E-state index is 0.0807. The zero-order valence-electron chi connectivity index (χ0n) is 13.7. The summed E-state index contributed by atoms with van der Waals surface area (Å²) in [6, 6.07) is 11.1. The van der Waals surface area contributed by atoms with Crippen LogP contribution in [0.1, 0.15) is 25.3 Å². The first kappa shape index (κ1) is 17.2. The van der Waals surface area contributed by atoms with Gasteiger partial charge in [-0.05, 0) is 49.7 Å². The smallest absolute Gasteiger partial charge is 0.442 e. The third kappa shape index (κ3) is 4.09. The Morgan fingerprint density at radius 1 is 1.24 bits per heavy atom. The average molecular weight is 363 g/mol. The van der Waals surface area contributed by atoms with Crippen LogP contribution in [0.25, 0.3) is 5.69 Å². The molecule has 0 saturated heterocycles. The molecule has 5 nitrogen and oxygen atoms in total. The summed E-state index contributed by atoms with van der Waals surface area (Å²) in [6.45, 7) is 3.91. The Morgan fingerprint density at radius 3 is 2.60 bits per heavy atom. The molecule has 0 aliphatic rings. The molecule has 0 atom stereocenters. The summed E-state index contributed by atoms with van der Waals surface area (Å²) in [4.78, 5) is 12.0. The van der Waals surface area contributed by atoms with Crippen molar-refractivity contribution in [1.29, 1.82) is 0 Å². The van der Waals surface area contributed by atoms with Gasteiger partial charge >= 0.3 is 5.76 Å². The normalized spacial score (nSPS) is 11.1. The molecule has 3 rings (SSSR count). The first-order chi connectivity index (χ1) is 11.9. The lowest BCUT2D eigenvalue weighted by Gasteiger charge is -2.09. The first-order valence-electron chi connectivity index (χ1n) is 7.72. The van der Waals surface area contributed by atoms with Crippen LogP contribution >= 0.6 is 11.6 Å². The van der Waals surface area contributed by atoms with E-state index in [1.165, 1.54) is 12.1 Å². The molecule has 0 amide bonds. The standard InChI is InChI=1S/C18H16ClFN2O3/c1-11(2)24-14-6-3-12(4-7-14)9-17-21-22(18(23)25-17)16-8-5-13(20)10-15(16)19/h3-8,10-11H,9H2,1-2H3. The first-order valence-corrected chi connectivity index (χ1v) is 8.10. The maximum Gasteiger partial charge on any atom is 0.442 e. The van der Waals surface area contributed by atoms with Gasteiger partial charge in [-0.1, -0.05) is 23.7 Å². The average Bonchev–Trinajstić information content (AvgIpc) is 2.89. The van der Waals surface area contributed by atoms with E-state index in [1.54, 1.807) is 0 Å². The fraction of sp³-hybridized carbons (Fsp3) is 0.222. The largest absolute Gasteiger partial charge is 0.491 e. The number of halogens is 2. The van der Waals surface area contributed by atoms with Gasteiger partial charge in [0.05, 0.1) is 23.2 Å². The van der Waals surface area contributed by atoms with E-state index >= 15 is 0 Å². The van der Waals surface area contributed by atoms with Crippen LogP contribution in [-0.4, -0.2) is 15.9 Å². The van der Waals surface area contributed by atoms with E-state index < -0.39 is 11.6 Å². The zero-order valence-corrected chi connectivity index (χ0v) is 14.5. The van der Waals surface area contributed by atoms with Gasteiger partial charge in [0.15, 0.2) is 0 Å². The zero-order chi connectivity index (χ0) is 18.0. The summed E-state index contributed by atoms with van der Waals surface area (Å²) >= 11 is 5.97. The Balaban J connectivity index is 1.82. The highest BCUT2D eigenvalue weighted by molar-refractivity contribution is 6.32. The number of ether oxygens (including phenoxy) is 1. The van der Waals surface area contributed by atoms with Gasteiger partial charge in [0, 0.05) is 0 Å². The summed E-state index contributed by atoms with van der Waals surface area (Å²) in [5.74, 6) is -0.163. The van der Waals surface area contributed by atoms with Crippen molar-refractivity contribution in [3.8, 4) is 11.4 Å². The molecule has 0 bridgehead atoms. The molecule has 1 aromatic heterocycles. The van der Waals surface area contributed by atoms with Crippen molar-refractivity contribution >= 4 is 11.6 Å². The Morgan fingerprint density at radius 2 is 1.96 bits per heavy atom. The summed E-state index contributed by atoms with van der Waals surface area (Å²) < 4.78 is 24.9. The van der Waals surface area contributed by atoms with Crippen molar-refractivity contribution in [2.24, 2.45) is 0 Å². The highest BCUT2D eigenvalue weighted by Gasteiger charge is 2.13. The molecule has 0 fully saturated rings. The third-order valence-corrected chi connectivity index (χ3v) is 3.68.